The highest BCUT2D eigenvalue weighted by Gasteiger charge is 2.30. The first-order chi connectivity index (χ1) is 11.2. The first-order valence-electron chi connectivity index (χ1n) is 9.54. The minimum absolute atomic E-state index is 0. The van der Waals surface area contributed by atoms with Gasteiger partial charge in [-0.15, -0.1) is 12.4 Å². The van der Waals surface area contributed by atoms with E-state index in [1.807, 2.05) is 0 Å². The second-order valence-corrected chi connectivity index (χ2v) is 7.59. The van der Waals surface area contributed by atoms with Crippen molar-refractivity contribution in [2.75, 3.05) is 13.1 Å². The Hall–Kier alpha value is -0.810. The molecule has 3 aliphatic rings. The maximum atomic E-state index is 12.4. The van der Waals surface area contributed by atoms with E-state index in [9.17, 15) is 9.59 Å². The fourth-order valence-electron chi connectivity index (χ4n) is 4.30. The van der Waals surface area contributed by atoms with Crippen LogP contribution in [-0.4, -0.2) is 37.0 Å². The lowest BCUT2D eigenvalue weighted by Crippen LogP contribution is -2.48. The average molecular weight is 358 g/mol. The van der Waals surface area contributed by atoms with Crippen LogP contribution >= 0.6 is 12.4 Å². The van der Waals surface area contributed by atoms with Crippen LogP contribution in [0.25, 0.3) is 0 Å². The Morgan fingerprint density at radius 2 is 1.29 bits per heavy atom. The molecule has 1 heterocycles. The molecule has 138 valence electrons. The topological polar surface area (TPSA) is 70.2 Å². The quantitative estimate of drug-likeness (QED) is 0.722. The van der Waals surface area contributed by atoms with Gasteiger partial charge in [-0.05, 0) is 57.9 Å². The molecule has 0 aromatic carbocycles. The number of rotatable bonds is 4. The van der Waals surface area contributed by atoms with Crippen LogP contribution in [0.1, 0.15) is 64.2 Å². The van der Waals surface area contributed by atoms with Crippen molar-refractivity contribution in [3.63, 3.8) is 0 Å². The third kappa shape index (κ3) is 5.35. The van der Waals surface area contributed by atoms with Gasteiger partial charge in [0.25, 0.3) is 0 Å². The molecule has 3 fully saturated rings. The Labute approximate surface area is 151 Å². The molecule has 24 heavy (non-hydrogen) atoms. The first kappa shape index (κ1) is 19.5. The summed E-state index contributed by atoms with van der Waals surface area (Å²) in [7, 11) is 0. The maximum Gasteiger partial charge on any atom is 0.223 e. The highest BCUT2D eigenvalue weighted by atomic mass is 35.5. The standard InChI is InChI=1S/C18H31N3O2.ClH/c22-17(13-4-1-2-5-13)20-15-9-7-14(8-10-15)18(23)21-16-6-3-11-19-12-16;/h13-16,19H,1-12H2,(H,20,22)(H,21,23);1H/t14?,15?,16-;/m0./s1. The van der Waals surface area contributed by atoms with Crippen LogP contribution in [0.2, 0.25) is 0 Å². The zero-order valence-corrected chi connectivity index (χ0v) is 15.3. The predicted octanol–water partition coefficient (Wildman–Crippen LogP) is 2.14. The summed E-state index contributed by atoms with van der Waals surface area (Å²) in [5.74, 6) is 0.856. The molecule has 3 rings (SSSR count). The Balaban J connectivity index is 0.00000208. The summed E-state index contributed by atoms with van der Waals surface area (Å²) in [4.78, 5) is 24.6. The van der Waals surface area contributed by atoms with E-state index in [0.717, 1.165) is 64.5 Å². The molecule has 1 aliphatic heterocycles. The summed E-state index contributed by atoms with van der Waals surface area (Å²) < 4.78 is 0. The molecule has 0 unspecified atom stereocenters. The third-order valence-corrected chi connectivity index (χ3v) is 5.81. The van der Waals surface area contributed by atoms with Gasteiger partial charge in [0.2, 0.25) is 11.8 Å². The molecule has 0 aromatic rings. The fraction of sp³-hybridized carbons (Fsp3) is 0.889. The molecular weight excluding hydrogens is 326 g/mol. The number of hydrogen-bond acceptors (Lipinski definition) is 3. The van der Waals surface area contributed by atoms with Crippen LogP contribution in [0.15, 0.2) is 0 Å². The number of halogens is 1. The van der Waals surface area contributed by atoms with Gasteiger partial charge in [0.1, 0.15) is 0 Å². The van der Waals surface area contributed by atoms with E-state index in [1.165, 1.54) is 12.8 Å². The van der Waals surface area contributed by atoms with E-state index < -0.39 is 0 Å². The van der Waals surface area contributed by atoms with E-state index in [-0.39, 0.29) is 42.1 Å². The molecule has 2 saturated carbocycles. The van der Waals surface area contributed by atoms with Crippen molar-refractivity contribution in [1.29, 1.82) is 0 Å². The van der Waals surface area contributed by atoms with Crippen LogP contribution in [-0.2, 0) is 9.59 Å². The summed E-state index contributed by atoms with van der Waals surface area (Å²) >= 11 is 0. The average Bonchev–Trinajstić information content (AvgIpc) is 3.11. The highest BCUT2D eigenvalue weighted by molar-refractivity contribution is 5.85. The Bertz CT molecular complexity index is 412. The monoisotopic (exact) mass is 357 g/mol. The Morgan fingerprint density at radius 1 is 0.708 bits per heavy atom. The van der Waals surface area contributed by atoms with Gasteiger partial charge in [-0.25, -0.2) is 0 Å². The first-order valence-corrected chi connectivity index (χ1v) is 9.54. The fourth-order valence-corrected chi connectivity index (χ4v) is 4.30. The number of amides is 2. The molecule has 0 bridgehead atoms. The maximum absolute atomic E-state index is 12.4. The summed E-state index contributed by atoms with van der Waals surface area (Å²) in [5, 5.41) is 9.76. The molecule has 6 heteroatoms. The van der Waals surface area contributed by atoms with Crippen molar-refractivity contribution in [1.82, 2.24) is 16.0 Å². The molecule has 0 radical (unpaired) electrons. The number of carbonyl (C=O) groups excluding carboxylic acids is 2. The molecule has 1 atom stereocenters. The molecule has 2 aliphatic carbocycles. The van der Waals surface area contributed by atoms with Crippen molar-refractivity contribution >= 4 is 24.2 Å². The van der Waals surface area contributed by atoms with Gasteiger partial charge in [0, 0.05) is 30.5 Å². The van der Waals surface area contributed by atoms with Crippen LogP contribution in [0.3, 0.4) is 0 Å². The SMILES string of the molecule is Cl.O=C(NC1CCC(C(=O)N[C@H]2CCCNC2)CC1)C1CCCC1. The Kier molecular flexibility index (Phi) is 7.82. The van der Waals surface area contributed by atoms with E-state index in [4.69, 9.17) is 0 Å². The Morgan fingerprint density at radius 3 is 1.88 bits per heavy atom. The van der Waals surface area contributed by atoms with Crippen molar-refractivity contribution in [2.45, 2.75) is 76.3 Å². The second-order valence-electron chi connectivity index (χ2n) is 7.59. The van der Waals surface area contributed by atoms with Crippen LogP contribution in [0, 0.1) is 11.8 Å². The van der Waals surface area contributed by atoms with Gasteiger partial charge in [-0.2, -0.15) is 0 Å². The van der Waals surface area contributed by atoms with Crippen molar-refractivity contribution in [3.8, 4) is 0 Å². The van der Waals surface area contributed by atoms with Crippen LogP contribution < -0.4 is 16.0 Å². The molecule has 2 amide bonds. The predicted molar refractivity (Wildman–Crippen MR) is 97.1 cm³/mol. The molecule has 1 saturated heterocycles. The van der Waals surface area contributed by atoms with Gasteiger partial charge in [-0.3, -0.25) is 9.59 Å². The summed E-state index contributed by atoms with van der Waals surface area (Å²) in [5.41, 5.74) is 0. The summed E-state index contributed by atoms with van der Waals surface area (Å²) in [6, 6.07) is 0.583. The van der Waals surface area contributed by atoms with Gasteiger partial charge >= 0.3 is 0 Å². The number of piperidine rings is 1. The van der Waals surface area contributed by atoms with E-state index in [0.29, 0.717) is 6.04 Å². The van der Waals surface area contributed by atoms with Gasteiger partial charge < -0.3 is 16.0 Å². The largest absolute Gasteiger partial charge is 0.353 e. The second kappa shape index (κ2) is 9.62. The molecule has 3 N–H and O–H groups in total. The van der Waals surface area contributed by atoms with E-state index >= 15 is 0 Å². The van der Waals surface area contributed by atoms with E-state index in [2.05, 4.69) is 16.0 Å². The van der Waals surface area contributed by atoms with Crippen LogP contribution in [0.4, 0.5) is 0 Å². The normalized spacial score (nSPS) is 31.1. The summed E-state index contributed by atoms with van der Waals surface area (Å²) in [6.45, 7) is 1.97. The highest BCUT2D eigenvalue weighted by Crippen LogP contribution is 2.28. The third-order valence-electron chi connectivity index (χ3n) is 5.81. The zero-order valence-electron chi connectivity index (χ0n) is 14.5. The lowest BCUT2D eigenvalue weighted by Gasteiger charge is -2.31. The molecule has 0 spiro atoms. The van der Waals surface area contributed by atoms with Crippen molar-refractivity contribution in [2.24, 2.45) is 11.8 Å². The number of hydrogen-bond donors (Lipinski definition) is 3. The summed E-state index contributed by atoms with van der Waals surface area (Å²) in [6.07, 6.45) is 10.4. The van der Waals surface area contributed by atoms with Crippen molar-refractivity contribution < 1.29 is 9.59 Å². The molecular formula is C18H32ClN3O2. The van der Waals surface area contributed by atoms with Gasteiger partial charge in [0.05, 0.1) is 0 Å². The zero-order chi connectivity index (χ0) is 16.1. The minimum Gasteiger partial charge on any atom is -0.353 e. The minimum atomic E-state index is 0. The molecule has 5 nitrogen and oxygen atoms in total. The van der Waals surface area contributed by atoms with Gasteiger partial charge in [-0.1, -0.05) is 12.8 Å². The number of nitrogens with one attached hydrogen (secondary N) is 3. The lowest BCUT2D eigenvalue weighted by molar-refractivity contribution is -0.127. The van der Waals surface area contributed by atoms with Crippen molar-refractivity contribution in [3.05, 3.63) is 0 Å². The van der Waals surface area contributed by atoms with E-state index in [1.54, 1.807) is 0 Å². The smallest absolute Gasteiger partial charge is 0.223 e. The number of carbonyl (C=O) groups is 2. The lowest BCUT2D eigenvalue weighted by atomic mass is 9.85. The van der Waals surface area contributed by atoms with Gasteiger partial charge in [0.15, 0.2) is 0 Å². The molecule has 0 aromatic heterocycles. The van der Waals surface area contributed by atoms with Crippen LogP contribution in [0.5, 0.6) is 0 Å².